The highest BCUT2D eigenvalue weighted by Crippen LogP contribution is 2.22. The van der Waals surface area contributed by atoms with Gasteiger partial charge in [-0.2, -0.15) is 4.31 Å². The number of unbranched alkanes of at least 4 members (excludes halogenated alkanes) is 1. The van der Waals surface area contributed by atoms with Gasteiger partial charge in [0, 0.05) is 37.6 Å². The van der Waals surface area contributed by atoms with E-state index in [1.807, 2.05) is 25.3 Å². The van der Waals surface area contributed by atoms with Gasteiger partial charge in [0.25, 0.3) is 0 Å². The highest BCUT2D eigenvalue weighted by atomic mass is 32.2. The fourth-order valence-electron chi connectivity index (χ4n) is 2.21. The lowest BCUT2D eigenvalue weighted by molar-refractivity contribution is 0.418. The average molecular weight is 301 g/mol. The van der Waals surface area contributed by atoms with Crippen molar-refractivity contribution < 1.29 is 8.42 Å². The van der Waals surface area contributed by atoms with E-state index < -0.39 is 10.0 Å². The van der Waals surface area contributed by atoms with Crippen LogP contribution in [0.3, 0.4) is 0 Å². The van der Waals surface area contributed by atoms with Crippen molar-refractivity contribution in [3.63, 3.8) is 0 Å². The standard InChI is InChI=1S/C14H27N3O2S/c1-5-7-8-16(6-2)20(18,19)14-9-13(10-15)17(11-14)12(3)4/h9,11-12H,5-8,10,15H2,1-4H3. The highest BCUT2D eigenvalue weighted by Gasteiger charge is 2.25. The van der Waals surface area contributed by atoms with Crippen LogP contribution in [0.4, 0.5) is 0 Å². The van der Waals surface area contributed by atoms with Crippen molar-refractivity contribution >= 4 is 10.0 Å². The minimum atomic E-state index is -3.41. The summed E-state index contributed by atoms with van der Waals surface area (Å²) in [6.45, 7) is 9.37. The molecule has 0 spiro atoms. The van der Waals surface area contributed by atoms with Crippen molar-refractivity contribution in [1.29, 1.82) is 0 Å². The van der Waals surface area contributed by atoms with E-state index in [1.165, 1.54) is 4.31 Å². The van der Waals surface area contributed by atoms with Gasteiger partial charge < -0.3 is 10.3 Å². The van der Waals surface area contributed by atoms with Crippen LogP contribution >= 0.6 is 0 Å². The van der Waals surface area contributed by atoms with Crippen molar-refractivity contribution in [1.82, 2.24) is 8.87 Å². The Morgan fingerprint density at radius 1 is 1.35 bits per heavy atom. The Labute approximate surface area is 122 Å². The molecule has 0 aromatic carbocycles. The molecule has 0 radical (unpaired) electrons. The number of hydrogen-bond acceptors (Lipinski definition) is 3. The van der Waals surface area contributed by atoms with Crippen molar-refractivity contribution in [3.8, 4) is 0 Å². The third-order valence-corrected chi connectivity index (χ3v) is 5.36. The molecule has 0 aliphatic rings. The van der Waals surface area contributed by atoms with Crippen LogP contribution in [0.2, 0.25) is 0 Å². The molecule has 20 heavy (non-hydrogen) atoms. The van der Waals surface area contributed by atoms with Crippen LogP contribution in [0.15, 0.2) is 17.2 Å². The van der Waals surface area contributed by atoms with Crippen LogP contribution in [0.5, 0.6) is 0 Å². The molecule has 0 aliphatic heterocycles. The normalized spacial score (nSPS) is 12.6. The summed E-state index contributed by atoms with van der Waals surface area (Å²) in [5, 5.41) is 0. The maximum absolute atomic E-state index is 12.6. The zero-order chi connectivity index (χ0) is 15.3. The van der Waals surface area contributed by atoms with Crippen molar-refractivity contribution in [2.75, 3.05) is 13.1 Å². The molecule has 6 heteroatoms. The first-order chi connectivity index (χ1) is 9.38. The van der Waals surface area contributed by atoms with Crippen LogP contribution in [-0.4, -0.2) is 30.4 Å². The molecular weight excluding hydrogens is 274 g/mol. The molecule has 1 heterocycles. The lowest BCUT2D eigenvalue weighted by Gasteiger charge is -2.19. The van der Waals surface area contributed by atoms with Gasteiger partial charge in [0.15, 0.2) is 0 Å². The fourth-order valence-corrected chi connectivity index (χ4v) is 3.75. The van der Waals surface area contributed by atoms with Gasteiger partial charge in [0.2, 0.25) is 10.0 Å². The Balaban J connectivity index is 3.14. The van der Waals surface area contributed by atoms with E-state index in [4.69, 9.17) is 5.73 Å². The number of hydrogen-bond donors (Lipinski definition) is 1. The summed E-state index contributed by atoms with van der Waals surface area (Å²) in [6, 6.07) is 1.90. The van der Waals surface area contributed by atoms with E-state index in [0.29, 0.717) is 24.5 Å². The molecular formula is C14H27N3O2S. The van der Waals surface area contributed by atoms with Gasteiger partial charge in [-0.1, -0.05) is 20.3 Å². The zero-order valence-corrected chi connectivity index (χ0v) is 13.8. The summed E-state index contributed by atoms with van der Waals surface area (Å²) in [6.07, 6.45) is 3.56. The Morgan fingerprint density at radius 2 is 2.00 bits per heavy atom. The van der Waals surface area contributed by atoms with Crippen molar-refractivity contribution in [2.45, 2.75) is 58.0 Å². The minimum absolute atomic E-state index is 0.197. The number of aromatic nitrogens is 1. The molecule has 0 saturated carbocycles. The van der Waals surface area contributed by atoms with Crippen LogP contribution in [0, 0.1) is 0 Å². The lowest BCUT2D eigenvalue weighted by Crippen LogP contribution is -2.31. The van der Waals surface area contributed by atoms with E-state index in [1.54, 1.807) is 12.3 Å². The van der Waals surface area contributed by atoms with Gasteiger partial charge in [0.05, 0.1) is 0 Å². The van der Waals surface area contributed by atoms with E-state index in [-0.39, 0.29) is 6.04 Å². The molecule has 0 fully saturated rings. The molecule has 0 unspecified atom stereocenters. The summed E-state index contributed by atoms with van der Waals surface area (Å²) < 4.78 is 28.8. The van der Waals surface area contributed by atoms with Gasteiger partial charge in [-0.15, -0.1) is 0 Å². The van der Waals surface area contributed by atoms with Gasteiger partial charge in [-0.3, -0.25) is 0 Å². The summed E-state index contributed by atoms with van der Waals surface area (Å²) in [5.74, 6) is 0. The van der Waals surface area contributed by atoms with Crippen molar-refractivity contribution in [3.05, 3.63) is 18.0 Å². The number of nitrogens with two attached hydrogens (primary N) is 1. The van der Waals surface area contributed by atoms with Gasteiger partial charge in [-0.25, -0.2) is 8.42 Å². The quantitative estimate of drug-likeness (QED) is 0.801. The second kappa shape index (κ2) is 7.24. The second-order valence-corrected chi connectivity index (χ2v) is 7.16. The molecule has 5 nitrogen and oxygen atoms in total. The van der Waals surface area contributed by atoms with Crippen LogP contribution < -0.4 is 5.73 Å². The maximum Gasteiger partial charge on any atom is 0.244 e. The number of rotatable bonds is 8. The van der Waals surface area contributed by atoms with Crippen LogP contribution in [-0.2, 0) is 16.6 Å². The SMILES string of the molecule is CCCCN(CC)S(=O)(=O)c1cc(CN)n(C(C)C)c1. The first-order valence-corrected chi connectivity index (χ1v) is 8.73. The molecule has 116 valence electrons. The van der Waals surface area contributed by atoms with Gasteiger partial charge in [-0.05, 0) is 26.3 Å². The van der Waals surface area contributed by atoms with E-state index in [9.17, 15) is 8.42 Å². The summed E-state index contributed by atoms with van der Waals surface area (Å²) >= 11 is 0. The third-order valence-electron chi connectivity index (χ3n) is 3.42. The Kier molecular flexibility index (Phi) is 6.23. The highest BCUT2D eigenvalue weighted by molar-refractivity contribution is 7.89. The molecule has 0 aliphatic carbocycles. The average Bonchev–Trinajstić information content (AvgIpc) is 2.84. The number of sulfonamides is 1. The van der Waals surface area contributed by atoms with Crippen molar-refractivity contribution in [2.24, 2.45) is 5.73 Å². The zero-order valence-electron chi connectivity index (χ0n) is 13.0. The van der Waals surface area contributed by atoms with Crippen LogP contribution in [0.25, 0.3) is 0 Å². The first kappa shape index (κ1) is 17.2. The molecule has 2 N–H and O–H groups in total. The molecule has 0 atom stereocenters. The minimum Gasteiger partial charge on any atom is -0.346 e. The second-order valence-electron chi connectivity index (χ2n) is 5.22. The Bertz CT molecular complexity index is 521. The molecule has 0 amide bonds. The molecule has 1 aromatic heterocycles. The monoisotopic (exact) mass is 301 g/mol. The Hall–Kier alpha value is -0.850. The topological polar surface area (TPSA) is 68.3 Å². The molecule has 0 saturated heterocycles. The maximum atomic E-state index is 12.6. The predicted octanol–water partition coefficient (Wildman–Crippen LogP) is 2.34. The van der Waals surface area contributed by atoms with E-state index in [0.717, 1.165) is 18.5 Å². The summed E-state index contributed by atoms with van der Waals surface area (Å²) in [7, 11) is -3.41. The Morgan fingerprint density at radius 3 is 2.40 bits per heavy atom. The lowest BCUT2D eigenvalue weighted by atomic mass is 10.3. The first-order valence-electron chi connectivity index (χ1n) is 7.29. The summed E-state index contributed by atoms with van der Waals surface area (Å²) in [4.78, 5) is 0.351. The fraction of sp³-hybridized carbons (Fsp3) is 0.714. The predicted molar refractivity (Wildman–Crippen MR) is 82.0 cm³/mol. The third kappa shape index (κ3) is 3.62. The summed E-state index contributed by atoms with van der Waals surface area (Å²) in [5.41, 5.74) is 6.56. The molecule has 0 bridgehead atoms. The molecule has 1 rings (SSSR count). The van der Waals surface area contributed by atoms with Crippen LogP contribution in [0.1, 0.15) is 52.3 Å². The van der Waals surface area contributed by atoms with Gasteiger partial charge >= 0.3 is 0 Å². The molecule has 1 aromatic rings. The number of nitrogens with zero attached hydrogens (tertiary/aromatic N) is 2. The van der Waals surface area contributed by atoms with E-state index >= 15 is 0 Å². The van der Waals surface area contributed by atoms with E-state index in [2.05, 4.69) is 6.92 Å². The smallest absolute Gasteiger partial charge is 0.244 e. The largest absolute Gasteiger partial charge is 0.346 e. The van der Waals surface area contributed by atoms with Gasteiger partial charge in [0.1, 0.15) is 4.90 Å².